The van der Waals surface area contributed by atoms with Gasteiger partial charge in [-0.2, -0.15) is 0 Å². The normalized spacial score (nSPS) is 16.9. The van der Waals surface area contributed by atoms with Gasteiger partial charge in [-0.1, -0.05) is 27.7 Å². The number of morpholine rings is 1. The van der Waals surface area contributed by atoms with E-state index in [9.17, 15) is 0 Å². The molecule has 2 rings (SSSR count). The van der Waals surface area contributed by atoms with Crippen molar-refractivity contribution in [2.24, 2.45) is 0 Å². The highest BCUT2D eigenvalue weighted by Gasteiger charge is 2.25. The van der Waals surface area contributed by atoms with Crippen molar-refractivity contribution in [1.82, 2.24) is 10.3 Å². The van der Waals surface area contributed by atoms with Gasteiger partial charge in [0.1, 0.15) is 0 Å². The maximum Gasteiger partial charge on any atom is 0.186 e. The number of ether oxygens (including phenoxy) is 1. The number of hydrogen-bond acceptors (Lipinski definition) is 5. The summed E-state index contributed by atoms with van der Waals surface area (Å²) in [7, 11) is 0. The number of thiazole rings is 1. The lowest BCUT2D eigenvalue weighted by Crippen LogP contribution is -2.36. The number of anilines is 1. The third-order valence-electron chi connectivity index (χ3n) is 3.21. The lowest BCUT2D eigenvalue weighted by atomic mass is 9.91. The molecule has 0 amide bonds. The van der Waals surface area contributed by atoms with Crippen LogP contribution in [0.4, 0.5) is 5.13 Å². The second-order valence-corrected chi connectivity index (χ2v) is 6.96. The van der Waals surface area contributed by atoms with Gasteiger partial charge in [-0.15, -0.1) is 11.3 Å². The van der Waals surface area contributed by atoms with E-state index in [1.165, 1.54) is 10.6 Å². The number of rotatable bonds is 4. The lowest BCUT2D eigenvalue weighted by Gasteiger charge is -2.26. The van der Waals surface area contributed by atoms with E-state index in [2.05, 4.69) is 37.9 Å². The molecular formula is C14H25N3OS. The topological polar surface area (TPSA) is 37.4 Å². The van der Waals surface area contributed by atoms with Crippen LogP contribution in [0.5, 0.6) is 0 Å². The molecule has 2 heterocycles. The zero-order valence-electron chi connectivity index (χ0n) is 12.5. The average Bonchev–Trinajstić information content (AvgIpc) is 2.81. The summed E-state index contributed by atoms with van der Waals surface area (Å²) in [6.45, 7) is 14.3. The van der Waals surface area contributed by atoms with E-state index in [1.807, 2.05) is 11.3 Å². The van der Waals surface area contributed by atoms with Gasteiger partial charge in [-0.05, 0) is 6.54 Å². The molecule has 1 aliphatic rings. The molecule has 0 radical (unpaired) electrons. The molecule has 5 heteroatoms. The summed E-state index contributed by atoms with van der Waals surface area (Å²) < 4.78 is 5.41. The van der Waals surface area contributed by atoms with Gasteiger partial charge >= 0.3 is 0 Å². The summed E-state index contributed by atoms with van der Waals surface area (Å²) in [5.41, 5.74) is 1.34. The van der Waals surface area contributed by atoms with Crippen molar-refractivity contribution < 1.29 is 4.74 Å². The van der Waals surface area contributed by atoms with Crippen LogP contribution in [0.25, 0.3) is 0 Å². The van der Waals surface area contributed by atoms with Crippen LogP contribution in [0.1, 0.15) is 38.3 Å². The number of hydrogen-bond donors (Lipinski definition) is 1. The molecule has 0 atom stereocenters. The first-order valence-corrected chi connectivity index (χ1v) is 7.87. The highest BCUT2D eigenvalue weighted by Crippen LogP contribution is 2.34. The van der Waals surface area contributed by atoms with Gasteiger partial charge in [0.05, 0.1) is 18.9 Å². The van der Waals surface area contributed by atoms with Crippen molar-refractivity contribution in [2.75, 3.05) is 37.7 Å². The Kier molecular flexibility index (Phi) is 4.81. The maximum atomic E-state index is 5.41. The molecule has 1 fully saturated rings. The van der Waals surface area contributed by atoms with Gasteiger partial charge in [0.2, 0.25) is 0 Å². The SMILES string of the molecule is CCNCc1sc(N2CCOCC2)nc1C(C)(C)C. The van der Waals surface area contributed by atoms with Gasteiger partial charge < -0.3 is 15.0 Å². The third kappa shape index (κ3) is 3.68. The monoisotopic (exact) mass is 283 g/mol. The smallest absolute Gasteiger partial charge is 0.186 e. The van der Waals surface area contributed by atoms with Gasteiger partial charge in [0, 0.05) is 29.9 Å². The van der Waals surface area contributed by atoms with Gasteiger partial charge in [0.25, 0.3) is 0 Å². The van der Waals surface area contributed by atoms with Gasteiger partial charge in [-0.3, -0.25) is 0 Å². The van der Waals surface area contributed by atoms with Gasteiger partial charge in [-0.25, -0.2) is 4.98 Å². The Bertz CT molecular complexity index is 405. The van der Waals surface area contributed by atoms with E-state index in [-0.39, 0.29) is 5.41 Å². The van der Waals surface area contributed by atoms with Crippen molar-refractivity contribution >= 4 is 16.5 Å². The highest BCUT2D eigenvalue weighted by molar-refractivity contribution is 7.15. The first-order chi connectivity index (χ1) is 9.02. The molecule has 0 aromatic carbocycles. The molecule has 0 unspecified atom stereocenters. The minimum Gasteiger partial charge on any atom is -0.378 e. The predicted octanol–water partition coefficient (Wildman–Crippen LogP) is 2.39. The van der Waals surface area contributed by atoms with Crippen LogP contribution in [0.2, 0.25) is 0 Å². The molecule has 0 spiro atoms. The number of nitrogens with zero attached hydrogens (tertiary/aromatic N) is 2. The van der Waals surface area contributed by atoms with Gasteiger partial charge in [0.15, 0.2) is 5.13 Å². The Morgan fingerprint density at radius 2 is 2.00 bits per heavy atom. The van der Waals surface area contributed by atoms with Crippen molar-refractivity contribution in [2.45, 2.75) is 39.7 Å². The second kappa shape index (κ2) is 6.20. The highest BCUT2D eigenvalue weighted by atomic mass is 32.1. The van der Waals surface area contributed by atoms with Crippen molar-refractivity contribution in [3.63, 3.8) is 0 Å². The van der Waals surface area contributed by atoms with Crippen LogP contribution in [0.15, 0.2) is 0 Å². The largest absolute Gasteiger partial charge is 0.378 e. The van der Waals surface area contributed by atoms with E-state index in [0.717, 1.165) is 44.5 Å². The average molecular weight is 283 g/mol. The maximum absolute atomic E-state index is 5.41. The zero-order valence-corrected chi connectivity index (χ0v) is 13.3. The summed E-state index contributed by atoms with van der Waals surface area (Å²) in [4.78, 5) is 8.62. The fraction of sp³-hybridized carbons (Fsp3) is 0.786. The van der Waals surface area contributed by atoms with Crippen LogP contribution >= 0.6 is 11.3 Å². The first kappa shape index (κ1) is 14.8. The Hall–Kier alpha value is -0.650. The molecule has 0 saturated carbocycles. The quantitative estimate of drug-likeness (QED) is 0.920. The summed E-state index contributed by atoms with van der Waals surface area (Å²) in [5, 5.41) is 4.57. The minimum absolute atomic E-state index is 0.103. The molecule has 4 nitrogen and oxygen atoms in total. The molecule has 1 saturated heterocycles. The summed E-state index contributed by atoms with van der Waals surface area (Å²) in [5.74, 6) is 0. The molecule has 1 aromatic heterocycles. The van der Waals surface area contributed by atoms with E-state index in [4.69, 9.17) is 9.72 Å². The Labute approximate surface area is 120 Å². The van der Waals surface area contributed by atoms with E-state index >= 15 is 0 Å². The Morgan fingerprint density at radius 1 is 1.32 bits per heavy atom. The van der Waals surface area contributed by atoms with E-state index in [1.54, 1.807) is 0 Å². The fourth-order valence-corrected chi connectivity index (χ4v) is 3.47. The summed E-state index contributed by atoms with van der Waals surface area (Å²) in [6.07, 6.45) is 0. The summed E-state index contributed by atoms with van der Waals surface area (Å²) in [6, 6.07) is 0. The molecule has 0 aliphatic carbocycles. The van der Waals surface area contributed by atoms with Crippen molar-refractivity contribution in [1.29, 1.82) is 0 Å². The molecule has 0 bridgehead atoms. The minimum atomic E-state index is 0.103. The van der Waals surface area contributed by atoms with Crippen LogP contribution in [-0.2, 0) is 16.7 Å². The summed E-state index contributed by atoms with van der Waals surface area (Å²) >= 11 is 1.83. The molecule has 1 aromatic rings. The molecule has 108 valence electrons. The third-order valence-corrected chi connectivity index (χ3v) is 4.33. The molecule has 1 aliphatic heterocycles. The number of aromatic nitrogens is 1. The first-order valence-electron chi connectivity index (χ1n) is 7.06. The number of nitrogens with one attached hydrogen (secondary N) is 1. The van der Waals surface area contributed by atoms with Crippen LogP contribution in [0.3, 0.4) is 0 Å². The standard InChI is InChI=1S/C14H25N3OS/c1-5-15-10-11-12(14(2,3)4)16-13(19-11)17-6-8-18-9-7-17/h15H,5-10H2,1-4H3. The lowest BCUT2D eigenvalue weighted by molar-refractivity contribution is 0.122. The predicted molar refractivity (Wildman–Crippen MR) is 81.2 cm³/mol. The van der Waals surface area contributed by atoms with Crippen LogP contribution in [0, 0.1) is 0 Å². The second-order valence-electron chi connectivity index (χ2n) is 5.90. The van der Waals surface area contributed by atoms with Crippen molar-refractivity contribution in [3.8, 4) is 0 Å². The molecule has 19 heavy (non-hydrogen) atoms. The van der Waals surface area contributed by atoms with Crippen LogP contribution in [-0.4, -0.2) is 37.8 Å². The van der Waals surface area contributed by atoms with Crippen LogP contribution < -0.4 is 10.2 Å². The Morgan fingerprint density at radius 3 is 2.58 bits per heavy atom. The van der Waals surface area contributed by atoms with Crippen molar-refractivity contribution in [3.05, 3.63) is 10.6 Å². The van der Waals surface area contributed by atoms with E-state index in [0.29, 0.717) is 0 Å². The molecule has 1 N–H and O–H groups in total. The Balaban J connectivity index is 2.22. The van der Waals surface area contributed by atoms with E-state index < -0.39 is 0 Å². The zero-order chi connectivity index (χ0) is 13.9. The fourth-order valence-electron chi connectivity index (χ4n) is 2.17. The molecular weight excluding hydrogens is 258 g/mol.